The van der Waals surface area contributed by atoms with Gasteiger partial charge in [0.2, 0.25) is 0 Å². The molecule has 7 nitrogen and oxygen atoms in total. The molecule has 182 valence electrons. The number of aliphatic hydroxyl groups excluding tert-OH is 1. The van der Waals surface area contributed by atoms with Gasteiger partial charge in [-0.25, -0.2) is 4.79 Å². The Balaban J connectivity index is 1.35. The number of carbonyl (C=O) groups excluding carboxylic acids is 1. The summed E-state index contributed by atoms with van der Waals surface area (Å²) in [5, 5.41) is 13.2. The van der Waals surface area contributed by atoms with E-state index in [9.17, 15) is 9.90 Å². The zero-order valence-electron chi connectivity index (χ0n) is 20.0. The van der Waals surface area contributed by atoms with Gasteiger partial charge < -0.3 is 20.1 Å². The number of benzene rings is 2. The second-order valence-electron chi connectivity index (χ2n) is 9.25. The van der Waals surface area contributed by atoms with E-state index in [0.29, 0.717) is 6.54 Å². The average molecular weight is 473 g/mol. The molecule has 5 rings (SSSR count). The minimum atomic E-state index is -0.0855. The van der Waals surface area contributed by atoms with Crippen molar-refractivity contribution in [2.24, 2.45) is 0 Å². The van der Waals surface area contributed by atoms with Crippen molar-refractivity contribution in [2.75, 3.05) is 38.7 Å². The van der Waals surface area contributed by atoms with Crippen LogP contribution in [0.3, 0.4) is 0 Å². The van der Waals surface area contributed by atoms with E-state index in [-0.39, 0.29) is 30.6 Å². The summed E-state index contributed by atoms with van der Waals surface area (Å²) >= 11 is 0. The van der Waals surface area contributed by atoms with Gasteiger partial charge in [0.15, 0.2) is 0 Å². The summed E-state index contributed by atoms with van der Waals surface area (Å²) in [6.07, 6.45) is 5.31. The van der Waals surface area contributed by atoms with Crippen molar-refractivity contribution in [3.63, 3.8) is 0 Å². The van der Waals surface area contributed by atoms with Gasteiger partial charge in [-0.05, 0) is 60.3 Å². The molecule has 0 bridgehead atoms. The monoisotopic (exact) mass is 472 g/mol. The molecule has 3 heterocycles. The van der Waals surface area contributed by atoms with Crippen LogP contribution in [0.5, 0.6) is 5.75 Å². The first-order valence-corrected chi connectivity index (χ1v) is 12.2. The topological polar surface area (TPSA) is 77.9 Å². The summed E-state index contributed by atoms with van der Waals surface area (Å²) in [4.78, 5) is 21.4. The molecule has 0 aliphatic carbocycles. The van der Waals surface area contributed by atoms with E-state index in [2.05, 4.69) is 45.5 Å². The van der Waals surface area contributed by atoms with Crippen molar-refractivity contribution in [1.82, 2.24) is 14.8 Å². The van der Waals surface area contributed by atoms with Crippen LogP contribution in [0.4, 0.5) is 10.5 Å². The maximum atomic E-state index is 13.1. The van der Waals surface area contributed by atoms with Gasteiger partial charge in [-0.1, -0.05) is 36.4 Å². The number of anilines is 1. The van der Waals surface area contributed by atoms with E-state index in [1.807, 2.05) is 23.1 Å². The number of hydrogen-bond donors (Lipinski definition) is 2. The predicted octanol–water partition coefficient (Wildman–Crippen LogP) is 4.21. The standard InChI is InChI=1S/C28H32N4O3/c1-35-24-6-4-5-22(17-24)20-7-9-21(10-8-20)27-25-18-31(15-2-3-16-32(25)26(27)19-33)28(34)30-23-11-13-29-14-12-23/h4-14,17,25-27,33H,2-3,15-16,18-19H2,1H3,(H,29,30,34)/t25-,26+,27-/m0/s1. The molecule has 2 N–H and O–H groups in total. The number of nitrogens with one attached hydrogen (secondary N) is 1. The molecular weight excluding hydrogens is 440 g/mol. The molecule has 3 atom stereocenters. The molecule has 0 radical (unpaired) electrons. The van der Waals surface area contributed by atoms with Crippen LogP contribution < -0.4 is 10.1 Å². The highest BCUT2D eigenvalue weighted by molar-refractivity contribution is 5.89. The SMILES string of the molecule is COc1cccc(-c2ccc([C@@H]3[C@@H](CO)N4CCCCN(C(=O)Nc5ccncc5)C[C@@H]34)cc2)c1. The number of hydrogen-bond acceptors (Lipinski definition) is 5. The minimum absolute atomic E-state index is 0.0749. The minimum Gasteiger partial charge on any atom is -0.497 e. The molecule has 7 heteroatoms. The number of fused-ring (bicyclic) bond motifs is 1. The van der Waals surface area contributed by atoms with Crippen molar-refractivity contribution in [2.45, 2.75) is 30.8 Å². The van der Waals surface area contributed by atoms with Crippen molar-refractivity contribution in [1.29, 1.82) is 0 Å². The summed E-state index contributed by atoms with van der Waals surface area (Å²) in [6.45, 7) is 2.43. The highest BCUT2D eigenvalue weighted by atomic mass is 16.5. The van der Waals surface area contributed by atoms with Crippen LogP contribution in [0.1, 0.15) is 24.3 Å². The second-order valence-corrected chi connectivity index (χ2v) is 9.25. The molecule has 0 unspecified atom stereocenters. The molecule has 2 fully saturated rings. The lowest BCUT2D eigenvalue weighted by Crippen LogP contribution is -2.68. The summed E-state index contributed by atoms with van der Waals surface area (Å²) in [7, 11) is 1.68. The number of aromatic nitrogens is 1. The number of rotatable bonds is 5. The van der Waals surface area contributed by atoms with E-state index in [0.717, 1.165) is 48.5 Å². The third-order valence-electron chi connectivity index (χ3n) is 7.29. The Bertz CT molecular complexity index is 1140. The first-order chi connectivity index (χ1) is 17.2. The first-order valence-electron chi connectivity index (χ1n) is 12.2. The Morgan fingerprint density at radius 2 is 1.83 bits per heavy atom. The first kappa shape index (κ1) is 23.3. The molecule has 1 aromatic heterocycles. The fraction of sp³-hybridized carbons (Fsp3) is 0.357. The highest BCUT2D eigenvalue weighted by Crippen LogP contribution is 2.42. The zero-order chi connectivity index (χ0) is 24.2. The predicted molar refractivity (Wildman–Crippen MR) is 137 cm³/mol. The van der Waals surface area contributed by atoms with Crippen molar-refractivity contribution in [3.8, 4) is 16.9 Å². The number of ether oxygens (including phenoxy) is 1. The van der Waals surface area contributed by atoms with Crippen molar-refractivity contribution < 1.29 is 14.6 Å². The summed E-state index contributed by atoms with van der Waals surface area (Å²) in [5.74, 6) is 1.01. The molecule has 3 aromatic rings. The average Bonchev–Trinajstić information content (AvgIpc) is 2.88. The van der Waals surface area contributed by atoms with Gasteiger partial charge in [0.1, 0.15) is 5.75 Å². The van der Waals surface area contributed by atoms with Crippen LogP contribution in [0.25, 0.3) is 11.1 Å². The van der Waals surface area contributed by atoms with E-state index < -0.39 is 0 Å². The van der Waals surface area contributed by atoms with Crippen LogP contribution in [0.2, 0.25) is 0 Å². The highest BCUT2D eigenvalue weighted by Gasteiger charge is 2.49. The third-order valence-corrected chi connectivity index (χ3v) is 7.29. The van der Waals surface area contributed by atoms with Gasteiger partial charge in [0.25, 0.3) is 0 Å². The molecule has 2 aromatic carbocycles. The second kappa shape index (κ2) is 10.5. The molecule has 0 spiro atoms. The van der Waals surface area contributed by atoms with E-state index in [1.54, 1.807) is 31.6 Å². The summed E-state index contributed by atoms with van der Waals surface area (Å²) in [5.41, 5.74) is 4.18. The molecule has 2 saturated heterocycles. The molecule has 2 amide bonds. The quantitative estimate of drug-likeness (QED) is 0.582. The Hall–Kier alpha value is -3.42. The van der Waals surface area contributed by atoms with Crippen molar-refractivity contribution in [3.05, 3.63) is 78.6 Å². The zero-order valence-corrected chi connectivity index (χ0v) is 20.0. The van der Waals surface area contributed by atoms with Crippen LogP contribution in [0, 0.1) is 0 Å². The molecular formula is C28H32N4O3. The van der Waals surface area contributed by atoms with E-state index in [4.69, 9.17) is 4.74 Å². The fourth-order valence-electron chi connectivity index (χ4n) is 5.46. The molecule has 2 aliphatic heterocycles. The van der Waals surface area contributed by atoms with Crippen LogP contribution in [0.15, 0.2) is 73.1 Å². The number of methoxy groups -OCH3 is 1. The smallest absolute Gasteiger partial charge is 0.321 e. The fourth-order valence-corrected chi connectivity index (χ4v) is 5.46. The Labute approximate surface area is 206 Å². The van der Waals surface area contributed by atoms with Gasteiger partial charge in [-0.3, -0.25) is 9.88 Å². The summed E-state index contributed by atoms with van der Waals surface area (Å²) in [6, 6.07) is 20.4. The van der Waals surface area contributed by atoms with Gasteiger partial charge in [0.05, 0.1) is 13.7 Å². The lowest BCUT2D eigenvalue weighted by atomic mass is 9.74. The van der Waals surface area contributed by atoms with Crippen molar-refractivity contribution >= 4 is 11.7 Å². The van der Waals surface area contributed by atoms with E-state index in [1.165, 1.54) is 5.56 Å². The summed E-state index contributed by atoms with van der Waals surface area (Å²) < 4.78 is 5.37. The number of aliphatic hydroxyl groups is 1. The maximum Gasteiger partial charge on any atom is 0.321 e. The third kappa shape index (κ3) is 4.88. The van der Waals surface area contributed by atoms with Crippen LogP contribution in [-0.2, 0) is 0 Å². The number of carbonyl (C=O) groups is 1. The Morgan fingerprint density at radius 3 is 2.57 bits per heavy atom. The lowest BCUT2D eigenvalue weighted by molar-refractivity contribution is -0.0585. The molecule has 2 aliphatic rings. The van der Waals surface area contributed by atoms with Gasteiger partial charge in [-0.2, -0.15) is 0 Å². The molecule has 35 heavy (non-hydrogen) atoms. The largest absolute Gasteiger partial charge is 0.497 e. The van der Waals surface area contributed by atoms with Crippen LogP contribution >= 0.6 is 0 Å². The number of amides is 2. The van der Waals surface area contributed by atoms with E-state index >= 15 is 0 Å². The normalized spacial score (nSPS) is 22.3. The van der Waals surface area contributed by atoms with Crippen LogP contribution in [-0.4, -0.2) is 71.4 Å². The van der Waals surface area contributed by atoms with Gasteiger partial charge in [-0.15, -0.1) is 0 Å². The number of urea groups is 1. The Kier molecular flexibility index (Phi) is 6.97. The molecule has 0 saturated carbocycles. The number of pyridine rings is 1. The Morgan fingerprint density at radius 1 is 1.06 bits per heavy atom. The van der Waals surface area contributed by atoms with Gasteiger partial charge in [0, 0.05) is 49.2 Å². The number of nitrogens with zero attached hydrogens (tertiary/aromatic N) is 3. The van der Waals surface area contributed by atoms with Gasteiger partial charge >= 0.3 is 6.03 Å². The lowest BCUT2D eigenvalue weighted by Gasteiger charge is -2.57. The maximum absolute atomic E-state index is 13.1.